The predicted molar refractivity (Wildman–Crippen MR) is 250 cm³/mol. The van der Waals surface area contributed by atoms with E-state index in [1.54, 1.807) is 0 Å². The Balaban J connectivity index is 1.15. The Morgan fingerprint density at radius 1 is 0.574 bits per heavy atom. The highest BCUT2D eigenvalue weighted by atomic mass is 16.4. The van der Waals surface area contributed by atoms with Crippen LogP contribution in [0.25, 0.3) is 49.7 Å². The van der Waals surface area contributed by atoms with Crippen LogP contribution in [0.15, 0.2) is 168 Å². The Bertz CT molecular complexity index is 3360. The molecule has 0 unspecified atom stereocenters. The number of nitriles is 2. The molecule has 0 atom stereocenters. The minimum absolute atomic E-state index is 0.419. The van der Waals surface area contributed by atoms with E-state index < -0.39 is 5.41 Å². The van der Waals surface area contributed by atoms with Crippen LogP contribution in [0.1, 0.15) is 41.7 Å². The summed E-state index contributed by atoms with van der Waals surface area (Å²) in [5.41, 5.74) is 13.4. The summed E-state index contributed by atoms with van der Waals surface area (Å²) in [6.45, 7) is 5.41. The number of likely N-dealkylation sites (N-methyl/N-ethyl adjacent to an activating group) is 1. The van der Waals surface area contributed by atoms with Gasteiger partial charge in [-0.2, -0.15) is 10.5 Å². The fourth-order valence-electron chi connectivity index (χ4n) is 9.49. The number of furan rings is 1. The van der Waals surface area contributed by atoms with Gasteiger partial charge in [-0.25, -0.2) is 0 Å². The first kappa shape index (κ1) is 36.1. The fourth-order valence-corrected chi connectivity index (χ4v) is 9.49. The monoisotopic (exact) mass is 785 g/mol. The number of benzene rings is 8. The summed E-state index contributed by atoms with van der Waals surface area (Å²) in [6.07, 6.45) is 4.43. The number of fused-ring (bicyclic) bond motifs is 9. The molecule has 0 saturated carbocycles. The number of anilines is 7. The summed E-state index contributed by atoms with van der Waals surface area (Å²) in [4.78, 5) is 6.75. The van der Waals surface area contributed by atoms with Crippen molar-refractivity contribution in [1.82, 2.24) is 0 Å². The average molecular weight is 786 g/mol. The minimum Gasteiger partial charge on any atom is -0.438 e. The highest BCUT2D eigenvalue weighted by molar-refractivity contribution is 6.13. The first-order chi connectivity index (χ1) is 29.8. The van der Waals surface area contributed by atoms with Crippen molar-refractivity contribution >= 4 is 78.6 Å². The van der Waals surface area contributed by atoms with Gasteiger partial charge < -0.3 is 19.1 Å². The molecule has 0 N–H and O–H groups in total. The molecule has 0 bridgehead atoms. The molecule has 290 valence electrons. The molecule has 0 radical (unpaired) electrons. The van der Waals surface area contributed by atoms with Gasteiger partial charge in [0, 0.05) is 58.4 Å². The SMILES string of the molecule is CN1CC=Cc2c1oc1c(N(c3ccc(C#N)cc3)c3ccc4ccccc4c3)cc3c(c21)-c1ccc(N(c2ccc(C#N)cc2)c2ccc4ccccc4c2)cc1C3(C)C. The molecule has 11 rings (SSSR count). The molecule has 6 nitrogen and oxygen atoms in total. The lowest BCUT2D eigenvalue weighted by Gasteiger charge is -2.29. The average Bonchev–Trinajstić information content (AvgIpc) is 3.80. The lowest BCUT2D eigenvalue weighted by atomic mass is 9.81. The van der Waals surface area contributed by atoms with E-state index in [-0.39, 0.29) is 0 Å². The van der Waals surface area contributed by atoms with Crippen LogP contribution in [0, 0.1) is 22.7 Å². The van der Waals surface area contributed by atoms with E-state index in [4.69, 9.17) is 4.42 Å². The summed E-state index contributed by atoms with van der Waals surface area (Å²) < 4.78 is 7.08. The van der Waals surface area contributed by atoms with Crippen molar-refractivity contribution in [2.75, 3.05) is 28.3 Å². The van der Waals surface area contributed by atoms with E-state index in [0.29, 0.717) is 11.1 Å². The molecule has 1 aliphatic heterocycles. The largest absolute Gasteiger partial charge is 0.438 e. The first-order valence-corrected chi connectivity index (χ1v) is 20.6. The lowest BCUT2D eigenvalue weighted by Crippen LogP contribution is -2.19. The quantitative estimate of drug-likeness (QED) is 0.167. The standard InChI is InChI=1S/C55H39N5O/c1-55(2)48-31-45(59(41-20-14-35(33-56)15-21-41)43-24-18-37-9-4-6-11-39(37)29-43)26-27-46(48)51-49(55)32-50(53-52(51)47-13-8-28-58(3)54(47)61-53)60(42-22-16-36(34-57)17-23-42)44-25-19-38-10-5-7-12-40(38)30-44/h4-27,29-32H,28H2,1-3H3. The highest BCUT2D eigenvalue weighted by Crippen LogP contribution is 2.58. The summed E-state index contributed by atoms with van der Waals surface area (Å²) in [7, 11) is 2.08. The molecule has 0 spiro atoms. The van der Waals surface area contributed by atoms with Gasteiger partial charge in [0.05, 0.1) is 29.0 Å². The van der Waals surface area contributed by atoms with Crippen LogP contribution < -0.4 is 14.7 Å². The number of hydrogen-bond donors (Lipinski definition) is 0. The molecule has 8 aromatic carbocycles. The van der Waals surface area contributed by atoms with Crippen molar-refractivity contribution in [1.29, 1.82) is 10.5 Å². The van der Waals surface area contributed by atoms with Crippen molar-refractivity contribution < 1.29 is 4.42 Å². The van der Waals surface area contributed by atoms with Crippen molar-refractivity contribution in [3.05, 3.63) is 192 Å². The third-order valence-electron chi connectivity index (χ3n) is 12.6. The number of hydrogen-bond acceptors (Lipinski definition) is 6. The molecule has 6 heteroatoms. The zero-order valence-corrected chi connectivity index (χ0v) is 34.0. The van der Waals surface area contributed by atoms with Crippen LogP contribution in [-0.4, -0.2) is 13.6 Å². The van der Waals surface area contributed by atoms with Gasteiger partial charge in [-0.15, -0.1) is 0 Å². The smallest absolute Gasteiger partial charge is 0.204 e. The third kappa shape index (κ3) is 5.69. The molecule has 0 saturated heterocycles. The Hall–Kier alpha value is -8.06. The van der Waals surface area contributed by atoms with E-state index in [1.165, 1.54) is 27.6 Å². The summed E-state index contributed by atoms with van der Waals surface area (Å²) in [5.74, 6) is 0.844. The predicted octanol–water partition coefficient (Wildman–Crippen LogP) is 14.2. The van der Waals surface area contributed by atoms with Gasteiger partial charge in [-0.05, 0) is 135 Å². The topological polar surface area (TPSA) is 70.4 Å². The summed E-state index contributed by atoms with van der Waals surface area (Å²) in [6, 6.07) is 59.5. The van der Waals surface area contributed by atoms with Gasteiger partial charge in [0.15, 0.2) is 5.58 Å². The van der Waals surface area contributed by atoms with E-state index in [0.717, 1.165) is 79.2 Å². The Morgan fingerprint density at radius 2 is 1.10 bits per heavy atom. The maximum atomic E-state index is 9.77. The van der Waals surface area contributed by atoms with Gasteiger partial charge in [-0.3, -0.25) is 0 Å². The molecular formula is C55H39N5O. The molecule has 1 aliphatic carbocycles. The molecule has 1 aromatic heterocycles. The maximum Gasteiger partial charge on any atom is 0.204 e. The van der Waals surface area contributed by atoms with Crippen LogP contribution in [-0.2, 0) is 5.41 Å². The second-order valence-corrected chi connectivity index (χ2v) is 16.5. The van der Waals surface area contributed by atoms with Gasteiger partial charge in [0.1, 0.15) is 0 Å². The summed E-state index contributed by atoms with van der Waals surface area (Å²) in [5, 5.41) is 25.2. The van der Waals surface area contributed by atoms with Crippen molar-refractivity contribution in [2.45, 2.75) is 19.3 Å². The fraction of sp³-hybridized carbons (Fsp3) is 0.0909. The molecule has 0 fully saturated rings. The molecule has 2 heterocycles. The van der Waals surface area contributed by atoms with Crippen LogP contribution in [0.3, 0.4) is 0 Å². The van der Waals surface area contributed by atoms with Crippen LogP contribution in [0.4, 0.5) is 40.0 Å². The van der Waals surface area contributed by atoms with Crippen molar-refractivity contribution in [3.8, 4) is 23.3 Å². The zero-order valence-electron chi connectivity index (χ0n) is 34.0. The normalized spacial score (nSPS) is 13.4. The van der Waals surface area contributed by atoms with Gasteiger partial charge in [0.2, 0.25) is 5.88 Å². The van der Waals surface area contributed by atoms with Crippen molar-refractivity contribution in [2.24, 2.45) is 0 Å². The number of nitrogens with zero attached hydrogens (tertiary/aromatic N) is 5. The Kier molecular flexibility index (Phi) is 8.14. The second kappa shape index (κ2) is 13.8. The zero-order chi connectivity index (χ0) is 41.4. The Morgan fingerprint density at radius 3 is 1.70 bits per heavy atom. The van der Waals surface area contributed by atoms with E-state index in [1.807, 2.05) is 48.5 Å². The van der Waals surface area contributed by atoms with E-state index in [9.17, 15) is 10.5 Å². The van der Waals surface area contributed by atoms with E-state index in [2.05, 4.69) is 169 Å². The molecular weight excluding hydrogens is 747 g/mol. The highest BCUT2D eigenvalue weighted by Gasteiger charge is 2.41. The Labute approximate surface area is 354 Å². The van der Waals surface area contributed by atoms with Crippen LogP contribution in [0.2, 0.25) is 0 Å². The van der Waals surface area contributed by atoms with Crippen LogP contribution >= 0.6 is 0 Å². The lowest BCUT2D eigenvalue weighted by molar-refractivity contribution is 0.602. The maximum absolute atomic E-state index is 9.77. The molecule has 61 heavy (non-hydrogen) atoms. The van der Waals surface area contributed by atoms with Crippen LogP contribution in [0.5, 0.6) is 0 Å². The van der Waals surface area contributed by atoms with Gasteiger partial charge >= 0.3 is 0 Å². The van der Waals surface area contributed by atoms with Gasteiger partial charge in [-0.1, -0.05) is 92.7 Å². The molecule has 9 aromatic rings. The van der Waals surface area contributed by atoms with E-state index >= 15 is 0 Å². The minimum atomic E-state index is -0.419. The number of rotatable bonds is 6. The third-order valence-corrected chi connectivity index (χ3v) is 12.6. The second-order valence-electron chi connectivity index (χ2n) is 16.5. The molecule has 0 amide bonds. The summed E-state index contributed by atoms with van der Waals surface area (Å²) >= 11 is 0. The van der Waals surface area contributed by atoms with Crippen molar-refractivity contribution in [3.63, 3.8) is 0 Å². The first-order valence-electron chi connectivity index (χ1n) is 20.6. The van der Waals surface area contributed by atoms with Gasteiger partial charge in [0.25, 0.3) is 0 Å². The molecule has 2 aliphatic rings.